The molecule has 0 bridgehead atoms. The molecule has 2 aromatic rings. The van der Waals surface area contributed by atoms with Gasteiger partial charge < -0.3 is 20.0 Å². The number of hydrogen-bond acceptors (Lipinski definition) is 6. The fraction of sp³-hybridized carbons (Fsp3) is 0.267. The molecular weight excluding hydrogens is 467 g/mol. The number of carboxylic acid groups (broad SMARTS) is 2. The van der Waals surface area contributed by atoms with Crippen LogP contribution in [-0.4, -0.2) is 62.8 Å². The molecule has 3 rings (SSSR count). The fourth-order valence-corrected chi connectivity index (χ4v) is 3.63. The maximum atomic E-state index is 14.3. The summed E-state index contributed by atoms with van der Waals surface area (Å²) in [7, 11) is 0. The quantitative estimate of drug-likeness (QED) is 0.391. The van der Waals surface area contributed by atoms with Gasteiger partial charge in [-0.1, -0.05) is 11.6 Å². The topological polar surface area (TPSA) is 137 Å². The number of aromatic nitrogens is 1. The SMILES string of the molecule is O=C(O)[C@H]1CN(C(=O)O)CCN1c1c([N+](=O)[O-])cnc2c(Cl)c(Br)c(F)cc12. The standard InChI is InChI=1S/C15H11BrClFN4O6/c16-10-7(18)3-6-12(11(10)17)19-4-8(22(27)28)13(6)21-2-1-20(15(25)26)5-9(21)14(23)24/h3-4,9H,1-2,5H2,(H,23,24)(H,25,26)/t9-/m1/s1. The number of carboxylic acids is 1. The Hall–Kier alpha value is -2.73. The number of aliphatic carboxylic acids is 1. The van der Waals surface area contributed by atoms with Gasteiger partial charge in [0.1, 0.15) is 23.7 Å². The van der Waals surface area contributed by atoms with Crippen molar-refractivity contribution < 1.29 is 29.1 Å². The lowest BCUT2D eigenvalue weighted by Gasteiger charge is -2.39. The van der Waals surface area contributed by atoms with E-state index in [-0.39, 0.29) is 39.2 Å². The molecule has 148 valence electrons. The number of hydrogen-bond donors (Lipinski definition) is 2. The molecule has 0 aliphatic carbocycles. The highest BCUT2D eigenvalue weighted by Crippen LogP contribution is 2.42. The molecule has 1 aromatic carbocycles. The Bertz CT molecular complexity index is 1020. The number of amides is 1. The van der Waals surface area contributed by atoms with Crippen molar-refractivity contribution in [3.63, 3.8) is 0 Å². The second kappa shape index (κ2) is 7.36. The van der Waals surface area contributed by atoms with Gasteiger partial charge in [0.05, 0.1) is 26.5 Å². The monoisotopic (exact) mass is 476 g/mol. The van der Waals surface area contributed by atoms with Crippen molar-refractivity contribution in [2.75, 3.05) is 24.5 Å². The first-order valence-corrected chi connectivity index (χ1v) is 8.88. The van der Waals surface area contributed by atoms with Crippen LogP contribution in [-0.2, 0) is 4.79 Å². The smallest absolute Gasteiger partial charge is 0.407 e. The van der Waals surface area contributed by atoms with Crippen LogP contribution in [0.15, 0.2) is 16.7 Å². The molecule has 0 radical (unpaired) electrons. The Morgan fingerprint density at radius 1 is 1.39 bits per heavy atom. The number of piperazine rings is 1. The largest absolute Gasteiger partial charge is 0.480 e. The molecule has 0 spiro atoms. The third-order valence-electron chi connectivity index (χ3n) is 4.37. The van der Waals surface area contributed by atoms with E-state index in [1.807, 2.05) is 0 Å². The van der Waals surface area contributed by atoms with Crippen LogP contribution in [0.1, 0.15) is 0 Å². The molecule has 1 amide bonds. The van der Waals surface area contributed by atoms with Gasteiger partial charge in [-0.2, -0.15) is 0 Å². The summed E-state index contributed by atoms with van der Waals surface area (Å²) in [5.74, 6) is -2.19. The molecule has 1 atom stereocenters. The van der Waals surface area contributed by atoms with Crippen molar-refractivity contribution in [3.05, 3.63) is 37.7 Å². The van der Waals surface area contributed by atoms with Crippen LogP contribution in [0.3, 0.4) is 0 Å². The maximum Gasteiger partial charge on any atom is 0.407 e. The third-order valence-corrected chi connectivity index (χ3v) is 5.74. The van der Waals surface area contributed by atoms with Crippen LogP contribution < -0.4 is 4.90 Å². The van der Waals surface area contributed by atoms with Gasteiger partial charge in [-0.25, -0.2) is 19.0 Å². The van der Waals surface area contributed by atoms with E-state index < -0.39 is 41.1 Å². The summed E-state index contributed by atoms with van der Waals surface area (Å²) in [6.45, 7) is -0.663. The minimum Gasteiger partial charge on any atom is -0.480 e. The number of anilines is 1. The Kier molecular flexibility index (Phi) is 5.26. The highest BCUT2D eigenvalue weighted by molar-refractivity contribution is 9.10. The fourth-order valence-electron chi connectivity index (χ4n) is 3.09. The molecule has 1 saturated heterocycles. The molecule has 2 N–H and O–H groups in total. The van der Waals surface area contributed by atoms with Crippen molar-refractivity contribution in [1.29, 1.82) is 0 Å². The zero-order valence-corrected chi connectivity index (χ0v) is 16.1. The van der Waals surface area contributed by atoms with Crippen LogP contribution in [0.4, 0.5) is 20.6 Å². The molecule has 0 unspecified atom stereocenters. The number of carbonyl (C=O) groups is 2. The number of pyridine rings is 1. The summed E-state index contributed by atoms with van der Waals surface area (Å²) < 4.78 is 14.2. The van der Waals surface area contributed by atoms with Crippen molar-refractivity contribution in [3.8, 4) is 0 Å². The molecule has 1 aliphatic rings. The molecule has 13 heteroatoms. The molecular formula is C15H11BrClFN4O6. The summed E-state index contributed by atoms with van der Waals surface area (Å²) in [4.78, 5) is 39.7. The van der Waals surface area contributed by atoms with E-state index in [1.165, 1.54) is 4.90 Å². The second-order valence-corrected chi connectivity index (χ2v) is 7.08. The molecule has 2 heterocycles. The molecule has 1 aromatic heterocycles. The third kappa shape index (κ3) is 3.29. The number of benzene rings is 1. The van der Waals surface area contributed by atoms with Crippen molar-refractivity contribution in [2.24, 2.45) is 0 Å². The Morgan fingerprint density at radius 3 is 2.64 bits per heavy atom. The average Bonchev–Trinajstić information content (AvgIpc) is 2.64. The van der Waals surface area contributed by atoms with E-state index in [0.29, 0.717) is 0 Å². The van der Waals surface area contributed by atoms with Crippen molar-refractivity contribution in [1.82, 2.24) is 9.88 Å². The van der Waals surface area contributed by atoms with E-state index in [1.54, 1.807) is 0 Å². The van der Waals surface area contributed by atoms with Crippen LogP contribution in [0.2, 0.25) is 5.02 Å². The van der Waals surface area contributed by atoms with Gasteiger partial charge in [-0.15, -0.1) is 0 Å². The molecule has 28 heavy (non-hydrogen) atoms. The normalized spacial score (nSPS) is 17.0. The van der Waals surface area contributed by atoms with Crippen LogP contribution in [0.25, 0.3) is 10.9 Å². The molecule has 1 fully saturated rings. The van der Waals surface area contributed by atoms with E-state index in [2.05, 4.69) is 20.9 Å². The van der Waals surface area contributed by atoms with Gasteiger partial charge in [0.2, 0.25) is 0 Å². The van der Waals surface area contributed by atoms with E-state index in [4.69, 9.17) is 16.7 Å². The van der Waals surface area contributed by atoms with E-state index in [0.717, 1.165) is 17.2 Å². The number of nitro groups is 1. The molecule has 1 aliphatic heterocycles. The molecule has 10 nitrogen and oxygen atoms in total. The number of halogens is 3. The number of rotatable bonds is 3. The summed E-state index contributed by atoms with van der Waals surface area (Å²) in [5.41, 5.74) is -0.679. The van der Waals surface area contributed by atoms with Gasteiger partial charge in [0.25, 0.3) is 0 Å². The van der Waals surface area contributed by atoms with Gasteiger partial charge in [0.15, 0.2) is 0 Å². The first kappa shape index (κ1) is 20.0. The minimum atomic E-state index is -1.42. The molecule has 0 saturated carbocycles. The van der Waals surface area contributed by atoms with Crippen LogP contribution in [0, 0.1) is 15.9 Å². The zero-order valence-electron chi connectivity index (χ0n) is 13.8. The van der Waals surface area contributed by atoms with E-state index >= 15 is 0 Å². The van der Waals surface area contributed by atoms with Crippen LogP contribution in [0.5, 0.6) is 0 Å². The van der Waals surface area contributed by atoms with Gasteiger partial charge in [-0.05, 0) is 22.0 Å². The zero-order chi connectivity index (χ0) is 20.7. The average molecular weight is 478 g/mol. The van der Waals surface area contributed by atoms with Crippen molar-refractivity contribution in [2.45, 2.75) is 6.04 Å². The Labute approximate surface area is 169 Å². The summed E-state index contributed by atoms with van der Waals surface area (Å²) in [5, 5.41) is 30.1. The summed E-state index contributed by atoms with van der Waals surface area (Å²) >= 11 is 9.06. The number of fused-ring (bicyclic) bond motifs is 1. The maximum absolute atomic E-state index is 14.3. The highest BCUT2D eigenvalue weighted by Gasteiger charge is 2.38. The lowest BCUT2D eigenvalue weighted by atomic mass is 10.1. The Balaban J connectivity index is 2.28. The lowest BCUT2D eigenvalue weighted by molar-refractivity contribution is -0.384. The van der Waals surface area contributed by atoms with E-state index in [9.17, 15) is 29.2 Å². The first-order chi connectivity index (χ1) is 13.1. The predicted octanol–water partition coefficient (Wildman–Crippen LogP) is 2.95. The minimum absolute atomic E-state index is 0.0420. The second-order valence-electron chi connectivity index (χ2n) is 5.91. The van der Waals surface area contributed by atoms with Crippen molar-refractivity contribution >= 4 is 61.9 Å². The summed E-state index contributed by atoms with van der Waals surface area (Å²) in [6, 6.07) is -0.442. The first-order valence-electron chi connectivity index (χ1n) is 7.71. The Morgan fingerprint density at radius 2 is 2.07 bits per heavy atom. The van der Waals surface area contributed by atoms with Gasteiger partial charge >= 0.3 is 17.7 Å². The predicted molar refractivity (Wildman–Crippen MR) is 99.4 cm³/mol. The van der Waals surface area contributed by atoms with Crippen LogP contribution >= 0.6 is 27.5 Å². The van der Waals surface area contributed by atoms with Gasteiger partial charge in [-0.3, -0.25) is 10.1 Å². The number of nitrogens with zero attached hydrogens (tertiary/aromatic N) is 4. The highest BCUT2D eigenvalue weighted by atomic mass is 79.9. The lowest BCUT2D eigenvalue weighted by Crippen LogP contribution is -2.58. The summed E-state index contributed by atoms with van der Waals surface area (Å²) in [6.07, 6.45) is -0.394. The van der Waals surface area contributed by atoms with Gasteiger partial charge in [0, 0.05) is 18.5 Å².